The molecule has 0 bridgehead atoms. The van der Waals surface area contributed by atoms with Gasteiger partial charge in [-0.2, -0.15) is 0 Å². The minimum absolute atomic E-state index is 0.0678. The highest BCUT2D eigenvalue weighted by atomic mass is 16.7. The first kappa shape index (κ1) is 20.5. The molecule has 0 radical (unpaired) electrons. The van der Waals surface area contributed by atoms with E-state index in [0.29, 0.717) is 12.8 Å². The number of hydrogen-bond donors (Lipinski definition) is 2. The van der Waals surface area contributed by atoms with Crippen LogP contribution in [0.3, 0.4) is 0 Å². The first-order valence-corrected chi connectivity index (χ1v) is 7.50. The van der Waals surface area contributed by atoms with E-state index in [1.807, 2.05) is 0 Å². The Morgan fingerprint density at radius 2 is 1.05 bits per heavy atom. The van der Waals surface area contributed by atoms with Crippen molar-refractivity contribution in [2.24, 2.45) is 0 Å². The second kappa shape index (κ2) is 15.8. The van der Waals surface area contributed by atoms with Gasteiger partial charge in [0, 0.05) is 26.4 Å². The van der Waals surface area contributed by atoms with Crippen molar-refractivity contribution in [1.82, 2.24) is 0 Å². The Hall–Kier alpha value is -1.54. The van der Waals surface area contributed by atoms with Crippen LogP contribution in [0.2, 0.25) is 0 Å². The van der Waals surface area contributed by atoms with Crippen molar-refractivity contribution in [3.63, 3.8) is 0 Å². The van der Waals surface area contributed by atoms with Crippen LogP contribution in [-0.4, -0.2) is 62.2 Å². The third-order valence-corrected chi connectivity index (χ3v) is 2.64. The zero-order valence-corrected chi connectivity index (χ0v) is 12.8. The summed E-state index contributed by atoms with van der Waals surface area (Å²) < 4.78 is 18.2. The fourth-order valence-corrected chi connectivity index (χ4v) is 1.54. The lowest BCUT2D eigenvalue weighted by Crippen LogP contribution is -2.05. The zero-order chi connectivity index (χ0) is 16.5. The molecule has 0 aliphatic carbocycles. The summed E-state index contributed by atoms with van der Waals surface area (Å²) in [4.78, 5) is 19.6. The van der Waals surface area contributed by atoms with Gasteiger partial charge in [-0.3, -0.25) is 0 Å². The van der Waals surface area contributed by atoms with Crippen molar-refractivity contribution < 1.29 is 38.7 Å². The second-order valence-corrected chi connectivity index (χ2v) is 4.57. The van der Waals surface area contributed by atoms with Crippen LogP contribution < -0.4 is 0 Å². The molecule has 2 rings (SSSR count). The third kappa shape index (κ3) is 18.5. The molecule has 0 aromatic carbocycles. The number of unbranched alkanes of at least 4 members (excludes halogenated alkanes) is 1. The largest absolute Gasteiger partial charge is 0.505 e. The zero-order valence-electron chi connectivity index (χ0n) is 12.8. The molecule has 22 heavy (non-hydrogen) atoms. The van der Waals surface area contributed by atoms with E-state index in [1.165, 1.54) is 25.7 Å². The van der Waals surface area contributed by atoms with E-state index < -0.39 is 12.3 Å². The Morgan fingerprint density at radius 1 is 0.727 bits per heavy atom. The van der Waals surface area contributed by atoms with E-state index >= 15 is 0 Å². The molecule has 2 saturated heterocycles. The van der Waals surface area contributed by atoms with Crippen molar-refractivity contribution >= 4 is 12.3 Å². The molecule has 2 aliphatic heterocycles. The van der Waals surface area contributed by atoms with Gasteiger partial charge in [-0.15, -0.1) is 0 Å². The fraction of sp³-hybridized carbons (Fsp3) is 0.857. The Bertz CT molecular complexity index is 231. The van der Waals surface area contributed by atoms with Crippen LogP contribution in [0.4, 0.5) is 9.59 Å². The molecule has 0 aromatic rings. The van der Waals surface area contributed by atoms with Crippen molar-refractivity contribution in [1.29, 1.82) is 0 Å². The van der Waals surface area contributed by atoms with Crippen LogP contribution in [0, 0.1) is 0 Å². The standard InChI is InChI=1S/C6H10O6.2C4H8O/c7-5(8)11-3-1-2-4-12-6(9)10;2*1-2-4-5-3-1/h1-4H2,(H,7,8)(H,9,10);2*1-4H2. The maximum atomic E-state index is 9.79. The average molecular weight is 322 g/mol. The van der Waals surface area contributed by atoms with Crippen molar-refractivity contribution in [2.45, 2.75) is 38.5 Å². The van der Waals surface area contributed by atoms with Gasteiger partial charge in [0.1, 0.15) is 0 Å². The van der Waals surface area contributed by atoms with Gasteiger partial charge in [-0.05, 0) is 38.5 Å². The van der Waals surface area contributed by atoms with E-state index in [9.17, 15) is 9.59 Å². The van der Waals surface area contributed by atoms with E-state index in [1.54, 1.807) is 0 Å². The minimum Gasteiger partial charge on any atom is -0.450 e. The van der Waals surface area contributed by atoms with Gasteiger partial charge in [-0.25, -0.2) is 9.59 Å². The minimum atomic E-state index is -1.32. The summed E-state index contributed by atoms with van der Waals surface area (Å²) in [5.41, 5.74) is 0. The Labute approximate surface area is 130 Å². The number of ether oxygens (including phenoxy) is 4. The molecule has 8 heteroatoms. The smallest absolute Gasteiger partial charge is 0.450 e. The molecule has 0 aromatic heterocycles. The molecular weight excluding hydrogens is 296 g/mol. The SMILES string of the molecule is C1CCOC1.C1CCOC1.O=C(O)OCCCCOC(=O)O. The van der Waals surface area contributed by atoms with E-state index in [0.717, 1.165) is 26.4 Å². The number of hydrogen-bond acceptors (Lipinski definition) is 6. The van der Waals surface area contributed by atoms with Crippen molar-refractivity contribution in [2.75, 3.05) is 39.6 Å². The van der Waals surface area contributed by atoms with E-state index in [2.05, 4.69) is 9.47 Å². The molecule has 2 N–H and O–H groups in total. The predicted octanol–water partition coefficient (Wildman–Crippen LogP) is 2.75. The van der Waals surface area contributed by atoms with Gasteiger partial charge in [0.2, 0.25) is 0 Å². The highest BCUT2D eigenvalue weighted by Gasteiger charge is 1.98. The molecule has 130 valence electrons. The van der Waals surface area contributed by atoms with Gasteiger partial charge in [0.25, 0.3) is 0 Å². The molecule has 0 amide bonds. The van der Waals surface area contributed by atoms with Crippen LogP contribution in [0.1, 0.15) is 38.5 Å². The molecule has 2 aliphatic rings. The number of carbonyl (C=O) groups is 2. The summed E-state index contributed by atoms with van der Waals surface area (Å²) in [6.07, 6.45) is 3.38. The maximum Gasteiger partial charge on any atom is 0.505 e. The highest BCUT2D eigenvalue weighted by molar-refractivity contribution is 5.57. The molecular formula is C14H26O8. The van der Waals surface area contributed by atoms with Crippen LogP contribution in [-0.2, 0) is 18.9 Å². The van der Waals surface area contributed by atoms with E-state index in [-0.39, 0.29) is 13.2 Å². The van der Waals surface area contributed by atoms with Gasteiger partial charge in [0.05, 0.1) is 13.2 Å². The van der Waals surface area contributed by atoms with Gasteiger partial charge in [0.15, 0.2) is 0 Å². The molecule has 0 spiro atoms. The first-order valence-electron chi connectivity index (χ1n) is 7.50. The molecule has 0 atom stereocenters. The lowest BCUT2D eigenvalue weighted by molar-refractivity contribution is 0.0769. The highest BCUT2D eigenvalue weighted by Crippen LogP contribution is 1.98. The number of carboxylic acid groups (broad SMARTS) is 2. The molecule has 2 fully saturated rings. The quantitative estimate of drug-likeness (QED) is 0.587. The second-order valence-electron chi connectivity index (χ2n) is 4.57. The summed E-state index contributed by atoms with van der Waals surface area (Å²) in [6.45, 7) is 4.14. The molecule has 0 unspecified atom stereocenters. The lowest BCUT2D eigenvalue weighted by atomic mass is 10.3. The van der Waals surface area contributed by atoms with Crippen LogP contribution >= 0.6 is 0 Å². The predicted molar refractivity (Wildman–Crippen MR) is 77.3 cm³/mol. The van der Waals surface area contributed by atoms with Crippen LogP contribution in [0.5, 0.6) is 0 Å². The van der Waals surface area contributed by atoms with Gasteiger partial charge in [-0.1, -0.05) is 0 Å². The lowest BCUT2D eigenvalue weighted by Gasteiger charge is -2.00. The summed E-state index contributed by atoms with van der Waals surface area (Å²) in [7, 11) is 0. The number of rotatable bonds is 5. The summed E-state index contributed by atoms with van der Waals surface area (Å²) >= 11 is 0. The molecule has 0 saturated carbocycles. The summed E-state index contributed by atoms with van der Waals surface area (Å²) in [5.74, 6) is 0. The van der Waals surface area contributed by atoms with Crippen molar-refractivity contribution in [3.05, 3.63) is 0 Å². The van der Waals surface area contributed by atoms with Crippen LogP contribution in [0.15, 0.2) is 0 Å². The first-order chi connectivity index (χ1) is 10.6. The molecule has 2 heterocycles. The van der Waals surface area contributed by atoms with E-state index in [4.69, 9.17) is 19.7 Å². The third-order valence-electron chi connectivity index (χ3n) is 2.64. The Kier molecular flexibility index (Phi) is 14.7. The normalized spacial score (nSPS) is 15.8. The monoisotopic (exact) mass is 322 g/mol. The van der Waals surface area contributed by atoms with Gasteiger partial charge < -0.3 is 29.2 Å². The summed E-state index contributed by atoms with van der Waals surface area (Å²) in [5, 5.41) is 16.0. The molecule has 8 nitrogen and oxygen atoms in total. The van der Waals surface area contributed by atoms with Gasteiger partial charge >= 0.3 is 12.3 Å². The fourth-order valence-electron chi connectivity index (χ4n) is 1.54. The van der Waals surface area contributed by atoms with Crippen molar-refractivity contribution in [3.8, 4) is 0 Å². The topological polar surface area (TPSA) is 112 Å². The Morgan fingerprint density at radius 3 is 1.23 bits per heavy atom. The average Bonchev–Trinajstić information content (AvgIpc) is 3.20. The maximum absolute atomic E-state index is 9.79. The Balaban J connectivity index is 0.000000355. The van der Waals surface area contributed by atoms with Crippen LogP contribution in [0.25, 0.3) is 0 Å². The summed E-state index contributed by atoms with van der Waals surface area (Å²) in [6, 6.07) is 0.